The van der Waals surface area contributed by atoms with Crippen molar-refractivity contribution in [3.63, 3.8) is 0 Å². The minimum Gasteiger partial charge on any atom is -0.457 e. The molecule has 0 aromatic heterocycles. The summed E-state index contributed by atoms with van der Waals surface area (Å²) in [5.41, 5.74) is 5.19. The second kappa shape index (κ2) is 7.86. The summed E-state index contributed by atoms with van der Waals surface area (Å²) in [6.45, 7) is 12.8. The minimum atomic E-state index is -0.519. The Balaban J connectivity index is 1.88. The fraction of sp³-hybridized carbons (Fsp3) is 0.360. The second-order valence-corrected chi connectivity index (χ2v) is 8.71. The van der Waals surface area contributed by atoms with Gasteiger partial charge in [0.2, 0.25) is 0 Å². The molecule has 152 valence electrons. The molecule has 1 unspecified atom stereocenters. The predicted molar refractivity (Wildman–Crippen MR) is 114 cm³/mol. The van der Waals surface area contributed by atoms with Crippen LogP contribution in [0.2, 0.25) is 0 Å². The van der Waals surface area contributed by atoms with Crippen molar-refractivity contribution >= 4 is 11.9 Å². The number of benzene rings is 2. The maximum Gasteiger partial charge on any atom is 0.338 e. The first-order chi connectivity index (χ1) is 13.6. The van der Waals surface area contributed by atoms with Crippen LogP contribution in [0.1, 0.15) is 56.9 Å². The lowest BCUT2D eigenvalue weighted by Crippen LogP contribution is -2.24. The van der Waals surface area contributed by atoms with Gasteiger partial charge in [-0.1, -0.05) is 30.8 Å². The summed E-state index contributed by atoms with van der Waals surface area (Å²) >= 11 is 0. The summed E-state index contributed by atoms with van der Waals surface area (Å²) in [4.78, 5) is 24.1. The molecule has 0 aliphatic heterocycles. The zero-order valence-corrected chi connectivity index (χ0v) is 17.8. The Kier molecular flexibility index (Phi) is 5.65. The molecule has 0 fully saturated rings. The summed E-state index contributed by atoms with van der Waals surface area (Å²) in [6.07, 6.45) is 1.45. The topological polar surface area (TPSA) is 52.6 Å². The molecule has 0 bridgehead atoms. The van der Waals surface area contributed by atoms with Crippen LogP contribution in [0.3, 0.4) is 0 Å². The molecule has 0 saturated heterocycles. The number of carbonyl (C=O) groups excluding carboxylic acids is 2. The quantitative estimate of drug-likeness (QED) is 0.379. The maximum atomic E-state index is 12.3. The van der Waals surface area contributed by atoms with E-state index in [1.165, 1.54) is 5.56 Å². The molecule has 0 heterocycles. The van der Waals surface area contributed by atoms with Crippen LogP contribution in [-0.4, -0.2) is 11.9 Å². The highest BCUT2D eigenvalue weighted by molar-refractivity contribution is 5.89. The SMILES string of the molecule is C=C(C)C(=O)Oc1ccc(-c2cccc3c2CCC3OC(=O)C(C)(C)C)cc1C. The highest BCUT2D eigenvalue weighted by atomic mass is 16.5. The van der Waals surface area contributed by atoms with Crippen molar-refractivity contribution in [1.82, 2.24) is 0 Å². The summed E-state index contributed by atoms with van der Waals surface area (Å²) < 4.78 is 11.2. The van der Waals surface area contributed by atoms with E-state index in [1.54, 1.807) is 6.92 Å². The Morgan fingerprint density at radius 1 is 1.14 bits per heavy atom. The van der Waals surface area contributed by atoms with E-state index in [-0.39, 0.29) is 12.1 Å². The second-order valence-electron chi connectivity index (χ2n) is 8.71. The Bertz CT molecular complexity index is 979. The molecular weight excluding hydrogens is 364 g/mol. The Morgan fingerprint density at radius 3 is 2.48 bits per heavy atom. The Morgan fingerprint density at radius 2 is 1.86 bits per heavy atom. The molecule has 0 N–H and O–H groups in total. The van der Waals surface area contributed by atoms with Gasteiger partial charge in [0.15, 0.2) is 0 Å². The van der Waals surface area contributed by atoms with Crippen molar-refractivity contribution < 1.29 is 19.1 Å². The third-order valence-electron chi connectivity index (χ3n) is 5.11. The minimum absolute atomic E-state index is 0.180. The molecule has 0 radical (unpaired) electrons. The highest BCUT2D eigenvalue weighted by Gasteiger charge is 2.32. The molecule has 2 aromatic rings. The molecule has 0 amide bonds. The lowest BCUT2D eigenvalue weighted by atomic mass is 9.95. The van der Waals surface area contributed by atoms with E-state index in [9.17, 15) is 9.59 Å². The fourth-order valence-corrected chi connectivity index (χ4v) is 3.43. The third-order valence-corrected chi connectivity index (χ3v) is 5.11. The highest BCUT2D eigenvalue weighted by Crippen LogP contribution is 2.41. The van der Waals surface area contributed by atoms with E-state index in [4.69, 9.17) is 9.47 Å². The molecule has 3 rings (SSSR count). The number of hydrogen-bond acceptors (Lipinski definition) is 4. The molecule has 0 saturated carbocycles. The van der Waals surface area contributed by atoms with Crippen molar-refractivity contribution in [2.24, 2.45) is 5.41 Å². The van der Waals surface area contributed by atoms with E-state index < -0.39 is 11.4 Å². The summed E-state index contributed by atoms with van der Waals surface area (Å²) in [5.74, 6) is -0.0726. The van der Waals surface area contributed by atoms with E-state index in [0.717, 1.165) is 35.1 Å². The predicted octanol–water partition coefficient (Wildman–Crippen LogP) is 5.72. The van der Waals surface area contributed by atoms with Crippen LogP contribution in [0.25, 0.3) is 11.1 Å². The average Bonchev–Trinajstić information content (AvgIpc) is 3.05. The van der Waals surface area contributed by atoms with Crippen molar-refractivity contribution in [2.75, 3.05) is 0 Å². The van der Waals surface area contributed by atoms with Gasteiger partial charge in [-0.05, 0) is 87.4 Å². The molecular formula is C25H28O4. The first-order valence-corrected chi connectivity index (χ1v) is 9.89. The first-order valence-electron chi connectivity index (χ1n) is 9.89. The van der Waals surface area contributed by atoms with Gasteiger partial charge < -0.3 is 9.47 Å². The Hall–Kier alpha value is -2.88. The molecule has 4 nitrogen and oxygen atoms in total. The fourth-order valence-electron chi connectivity index (χ4n) is 3.43. The molecule has 1 aliphatic carbocycles. The number of ether oxygens (including phenoxy) is 2. The normalized spacial score (nSPS) is 15.6. The van der Waals surface area contributed by atoms with Crippen molar-refractivity contribution in [2.45, 2.75) is 53.6 Å². The number of esters is 2. The van der Waals surface area contributed by atoms with E-state index in [2.05, 4.69) is 12.6 Å². The monoisotopic (exact) mass is 392 g/mol. The van der Waals surface area contributed by atoms with Crippen molar-refractivity contribution in [3.05, 3.63) is 65.2 Å². The number of rotatable bonds is 4. The van der Waals surface area contributed by atoms with Gasteiger partial charge in [-0.3, -0.25) is 4.79 Å². The molecule has 1 atom stereocenters. The van der Waals surface area contributed by atoms with Gasteiger partial charge in [0, 0.05) is 5.57 Å². The van der Waals surface area contributed by atoms with Gasteiger partial charge in [0.05, 0.1) is 5.41 Å². The number of carbonyl (C=O) groups is 2. The van der Waals surface area contributed by atoms with Gasteiger partial charge in [-0.2, -0.15) is 0 Å². The smallest absolute Gasteiger partial charge is 0.338 e. The number of aryl methyl sites for hydroxylation is 1. The summed E-state index contributed by atoms with van der Waals surface area (Å²) in [5, 5.41) is 0. The summed E-state index contributed by atoms with van der Waals surface area (Å²) in [7, 11) is 0. The van der Waals surface area contributed by atoms with Crippen molar-refractivity contribution in [1.29, 1.82) is 0 Å². The van der Waals surface area contributed by atoms with Gasteiger partial charge in [0.25, 0.3) is 0 Å². The van der Waals surface area contributed by atoms with E-state index >= 15 is 0 Å². The maximum absolute atomic E-state index is 12.3. The molecule has 0 spiro atoms. The molecule has 29 heavy (non-hydrogen) atoms. The molecule has 2 aromatic carbocycles. The summed E-state index contributed by atoms with van der Waals surface area (Å²) in [6, 6.07) is 11.9. The molecule has 4 heteroatoms. The van der Waals surface area contributed by atoms with Gasteiger partial charge in [0.1, 0.15) is 11.9 Å². The van der Waals surface area contributed by atoms with Crippen LogP contribution in [0.5, 0.6) is 5.75 Å². The van der Waals surface area contributed by atoms with E-state index in [1.807, 2.05) is 58.0 Å². The average molecular weight is 392 g/mol. The zero-order valence-electron chi connectivity index (χ0n) is 17.8. The van der Waals surface area contributed by atoms with Crippen LogP contribution < -0.4 is 4.74 Å². The van der Waals surface area contributed by atoms with Crippen LogP contribution in [0.15, 0.2) is 48.6 Å². The van der Waals surface area contributed by atoms with Gasteiger partial charge in [-0.15, -0.1) is 0 Å². The zero-order chi connectivity index (χ0) is 21.3. The van der Waals surface area contributed by atoms with Crippen molar-refractivity contribution in [3.8, 4) is 16.9 Å². The van der Waals surface area contributed by atoms with Crippen LogP contribution in [0.4, 0.5) is 0 Å². The molecule has 1 aliphatic rings. The first kappa shape index (κ1) is 20.8. The van der Waals surface area contributed by atoms with Crippen LogP contribution in [-0.2, 0) is 20.7 Å². The third kappa shape index (κ3) is 4.42. The van der Waals surface area contributed by atoms with E-state index in [0.29, 0.717) is 11.3 Å². The lowest BCUT2D eigenvalue weighted by Gasteiger charge is -2.21. The van der Waals surface area contributed by atoms with Gasteiger partial charge >= 0.3 is 11.9 Å². The Labute approximate surface area is 172 Å². The van der Waals surface area contributed by atoms with Crippen LogP contribution >= 0.6 is 0 Å². The largest absolute Gasteiger partial charge is 0.457 e. The standard InChI is InChI=1S/C25H28O4/c1-15(2)23(26)28-21-12-10-17(14-16(21)3)18-8-7-9-20-19(18)11-13-22(20)29-24(27)25(4,5)6/h7-10,12,14,22H,1,11,13H2,2-6H3. The number of fused-ring (bicyclic) bond motifs is 1. The lowest BCUT2D eigenvalue weighted by molar-refractivity contribution is -0.159. The van der Waals surface area contributed by atoms with Crippen LogP contribution in [0, 0.1) is 12.3 Å². The number of hydrogen-bond donors (Lipinski definition) is 0. The van der Waals surface area contributed by atoms with Gasteiger partial charge in [-0.25, -0.2) is 4.79 Å².